The summed E-state index contributed by atoms with van der Waals surface area (Å²) < 4.78 is 0. The molecule has 1 aromatic heterocycles. The maximum absolute atomic E-state index is 12.3. The number of likely N-dealkylation sites (tertiary alicyclic amines) is 1. The minimum Gasteiger partial charge on any atom is -0.339 e. The fourth-order valence-corrected chi connectivity index (χ4v) is 3.33. The quantitative estimate of drug-likeness (QED) is 0.927. The molecular formula is C16H21N3O2. The minimum atomic E-state index is -0.229. The molecule has 3 rings (SSSR count). The van der Waals surface area contributed by atoms with Crippen molar-refractivity contribution in [2.24, 2.45) is 5.92 Å². The van der Waals surface area contributed by atoms with E-state index in [1.165, 1.54) is 19.3 Å². The molecule has 2 fully saturated rings. The molecule has 0 aromatic carbocycles. The van der Waals surface area contributed by atoms with Crippen molar-refractivity contribution in [1.82, 2.24) is 9.88 Å². The third kappa shape index (κ3) is 3.23. The lowest BCUT2D eigenvalue weighted by molar-refractivity contribution is -0.130. The van der Waals surface area contributed by atoms with Gasteiger partial charge in [0.15, 0.2) is 0 Å². The fraction of sp³-hybridized carbons (Fsp3) is 0.562. The fourth-order valence-electron chi connectivity index (χ4n) is 3.33. The topological polar surface area (TPSA) is 62.3 Å². The van der Waals surface area contributed by atoms with Gasteiger partial charge in [0.05, 0.1) is 5.92 Å². The molecule has 1 unspecified atom stereocenters. The molecule has 5 nitrogen and oxygen atoms in total. The number of hydrogen-bond acceptors (Lipinski definition) is 3. The van der Waals surface area contributed by atoms with Gasteiger partial charge in [-0.25, -0.2) is 0 Å². The smallest absolute Gasteiger partial charge is 0.229 e. The maximum Gasteiger partial charge on any atom is 0.229 e. The molecule has 1 aliphatic carbocycles. The van der Waals surface area contributed by atoms with E-state index in [1.807, 2.05) is 4.90 Å². The third-order valence-corrected chi connectivity index (χ3v) is 4.49. The second kappa shape index (κ2) is 6.24. The van der Waals surface area contributed by atoms with E-state index >= 15 is 0 Å². The van der Waals surface area contributed by atoms with Crippen molar-refractivity contribution in [3.05, 3.63) is 24.5 Å². The molecule has 0 bridgehead atoms. The Hall–Kier alpha value is -1.91. The van der Waals surface area contributed by atoms with Crippen molar-refractivity contribution in [2.75, 3.05) is 11.9 Å². The molecular weight excluding hydrogens is 266 g/mol. The van der Waals surface area contributed by atoms with E-state index in [0.717, 1.165) is 18.5 Å². The molecule has 1 aromatic rings. The lowest BCUT2D eigenvalue weighted by Gasteiger charge is -2.31. The van der Waals surface area contributed by atoms with Gasteiger partial charge in [-0.15, -0.1) is 0 Å². The molecule has 2 amide bonds. The van der Waals surface area contributed by atoms with Gasteiger partial charge < -0.3 is 10.2 Å². The predicted molar refractivity (Wildman–Crippen MR) is 79.6 cm³/mol. The van der Waals surface area contributed by atoms with Crippen LogP contribution in [0.2, 0.25) is 0 Å². The van der Waals surface area contributed by atoms with Gasteiger partial charge in [-0.05, 0) is 25.0 Å². The number of nitrogens with zero attached hydrogens (tertiary/aromatic N) is 2. The number of nitrogens with one attached hydrogen (secondary N) is 1. The average Bonchev–Trinajstić information content (AvgIpc) is 2.91. The highest BCUT2D eigenvalue weighted by Gasteiger charge is 2.38. The Morgan fingerprint density at radius 3 is 2.62 bits per heavy atom. The van der Waals surface area contributed by atoms with Crippen LogP contribution in [0.5, 0.6) is 0 Å². The Morgan fingerprint density at radius 2 is 1.90 bits per heavy atom. The van der Waals surface area contributed by atoms with Crippen LogP contribution >= 0.6 is 0 Å². The van der Waals surface area contributed by atoms with Gasteiger partial charge in [0.25, 0.3) is 0 Å². The van der Waals surface area contributed by atoms with Gasteiger partial charge in [0.2, 0.25) is 11.8 Å². The molecule has 0 spiro atoms. The number of rotatable bonds is 3. The first-order valence-electron chi connectivity index (χ1n) is 7.74. The number of pyridine rings is 1. The summed E-state index contributed by atoms with van der Waals surface area (Å²) in [5.74, 6) is -0.155. The molecule has 1 N–H and O–H groups in total. The van der Waals surface area contributed by atoms with Crippen molar-refractivity contribution < 1.29 is 9.59 Å². The molecule has 2 heterocycles. The summed E-state index contributed by atoms with van der Waals surface area (Å²) in [4.78, 5) is 30.3. The summed E-state index contributed by atoms with van der Waals surface area (Å²) in [6.45, 7) is 0.570. The lowest BCUT2D eigenvalue weighted by atomic mass is 9.94. The van der Waals surface area contributed by atoms with Crippen molar-refractivity contribution in [3.8, 4) is 0 Å². The molecule has 2 aliphatic rings. The zero-order chi connectivity index (χ0) is 14.7. The minimum absolute atomic E-state index is 0.0622. The Labute approximate surface area is 124 Å². The lowest BCUT2D eigenvalue weighted by Crippen LogP contribution is -2.38. The first-order valence-corrected chi connectivity index (χ1v) is 7.74. The molecule has 1 aliphatic heterocycles. The SMILES string of the molecule is O=C(Nc1ccncc1)C1CC(=O)N(C2CCCCC2)C1. The molecule has 0 radical (unpaired) electrons. The molecule has 1 saturated heterocycles. The third-order valence-electron chi connectivity index (χ3n) is 4.49. The summed E-state index contributed by atoms with van der Waals surface area (Å²) in [6, 6.07) is 3.87. The van der Waals surface area contributed by atoms with Crippen LogP contribution in [0.3, 0.4) is 0 Å². The Bertz CT molecular complexity index is 512. The standard InChI is InChI=1S/C16H21N3O2/c20-15-10-12(11-19(15)14-4-2-1-3-5-14)16(21)18-13-6-8-17-9-7-13/h6-9,12,14H,1-5,10-11H2,(H,17,18,21). The van der Waals surface area contributed by atoms with Crippen LogP contribution in [-0.2, 0) is 9.59 Å². The molecule has 21 heavy (non-hydrogen) atoms. The Kier molecular flexibility index (Phi) is 4.18. The summed E-state index contributed by atoms with van der Waals surface area (Å²) in [5, 5.41) is 2.87. The number of amides is 2. The second-order valence-corrected chi connectivity index (χ2v) is 5.96. The van der Waals surface area contributed by atoms with Crippen LogP contribution in [-0.4, -0.2) is 34.3 Å². The van der Waals surface area contributed by atoms with E-state index < -0.39 is 0 Å². The van der Waals surface area contributed by atoms with Gasteiger partial charge in [0.1, 0.15) is 0 Å². The first-order chi connectivity index (χ1) is 10.2. The van der Waals surface area contributed by atoms with Gasteiger partial charge in [-0.3, -0.25) is 14.6 Å². The Balaban J connectivity index is 1.60. The van der Waals surface area contributed by atoms with Crippen molar-refractivity contribution in [2.45, 2.75) is 44.6 Å². The largest absolute Gasteiger partial charge is 0.339 e. The monoisotopic (exact) mass is 287 g/mol. The molecule has 1 atom stereocenters. The number of anilines is 1. The van der Waals surface area contributed by atoms with Crippen LogP contribution in [0.15, 0.2) is 24.5 Å². The van der Waals surface area contributed by atoms with E-state index in [9.17, 15) is 9.59 Å². The van der Waals surface area contributed by atoms with E-state index in [4.69, 9.17) is 0 Å². The molecule has 112 valence electrons. The number of aromatic nitrogens is 1. The summed E-state index contributed by atoms with van der Waals surface area (Å²) in [6.07, 6.45) is 9.46. The van der Waals surface area contributed by atoms with E-state index in [0.29, 0.717) is 19.0 Å². The number of carbonyl (C=O) groups excluding carboxylic acids is 2. The maximum atomic E-state index is 12.3. The number of hydrogen-bond donors (Lipinski definition) is 1. The highest BCUT2D eigenvalue weighted by atomic mass is 16.2. The Morgan fingerprint density at radius 1 is 1.19 bits per heavy atom. The second-order valence-electron chi connectivity index (χ2n) is 5.96. The van der Waals surface area contributed by atoms with Gasteiger partial charge in [-0.2, -0.15) is 0 Å². The highest BCUT2D eigenvalue weighted by Crippen LogP contribution is 2.29. The number of carbonyl (C=O) groups is 2. The summed E-state index contributed by atoms with van der Waals surface area (Å²) in [7, 11) is 0. The zero-order valence-electron chi connectivity index (χ0n) is 12.1. The highest BCUT2D eigenvalue weighted by molar-refractivity contribution is 5.97. The van der Waals surface area contributed by atoms with Crippen LogP contribution in [0.1, 0.15) is 38.5 Å². The van der Waals surface area contributed by atoms with E-state index in [-0.39, 0.29) is 17.7 Å². The van der Waals surface area contributed by atoms with Crippen LogP contribution in [0.25, 0.3) is 0 Å². The summed E-state index contributed by atoms with van der Waals surface area (Å²) in [5.41, 5.74) is 0.735. The van der Waals surface area contributed by atoms with Gasteiger partial charge in [0, 0.05) is 37.1 Å². The van der Waals surface area contributed by atoms with Crippen molar-refractivity contribution >= 4 is 17.5 Å². The molecule has 1 saturated carbocycles. The average molecular weight is 287 g/mol. The summed E-state index contributed by atoms with van der Waals surface area (Å²) >= 11 is 0. The molecule has 5 heteroatoms. The first kappa shape index (κ1) is 14.0. The van der Waals surface area contributed by atoms with Gasteiger partial charge >= 0.3 is 0 Å². The van der Waals surface area contributed by atoms with Crippen LogP contribution < -0.4 is 5.32 Å². The van der Waals surface area contributed by atoms with Gasteiger partial charge in [-0.1, -0.05) is 19.3 Å². The predicted octanol–water partition coefficient (Wildman–Crippen LogP) is 2.20. The van der Waals surface area contributed by atoms with Crippen molar-refractivity contribution in [3.63, 3.8) is 0 Å². The zero-order valence-corrected chi connectivity index (χ0v) is 12.1. The van der Waals surface area contributed by atoms with Crippen LogP contribution in [0, 0.1) is 5.92 Å². The van der Waals surface area contributed by atoms with E-state index in [2.05, 4.69) is 10.3 Å². The van der Waals surface area contributed by atoms with E-state index in [1.54, 1.807) is 24.5 Å². The normalized spacial score (nSPS) is 23.3. The van der Waals surface area contributed by atoms with Crippen molar-refractivity contribution in [1.29, 1.82) is 0 Å². The van der Waals surface area contributed by atoms with Crippen LogP contribution in [0.4, 0.5) is 5.69 Å².